The SMILES string of the molecule is O=C1C(C2(O)c3ccccc3C=Cc3ccccc32)=C[C@H]2[C@@H]1[C@@H]1C=C[C@H]2C1. The Bertz CT molecular complexity index is 1020. The fourth-order valence-electron chi connectivity index (χ4n) is 5.77. The Balaban J connectivity index is 1.61. The van der Waals surface area contributed by atoms with E-state index in [0.29, 0.717) is 17.4 Å². The fraction of sp³-hybridized carbons (Fsp3) is 0.240. The van der Waals surface area contributed by atoms with Crippen LogP contribution in [-0.4, -0.2) is 10.9 Å². The molecule has 4 aliphatic carbocycles. The van der Waals surface area contributed by atoms with Crippen LogP contribution in [0, 0.1) is 23.7 Å². The van der Waals surface area contributed by atoms with Gasteiger partial charge >= 0.3 is 0 Å². The van der Waals surface area contributed by atoms with Crippen LogP contribution in [0.3, 0.4) is 0 Å². The van der Waals surface area contributed by atoms with E-state index >= 15 is 0 Å². The number of aliphatic hydroxyl groups is 1. The van der Waals surface area contributed by atoms with E-state index in [1.807, 2.05) is 60.7 Å². The van der Waals surface area contributed by atoms with Gasteiger partial charge in [0.05, 0.1) is 0 Å². The van der Waals surface area contributed by atoms with E-state index in [1.165, 1.54) is 0 Å². The summed E-state index contributed by atoms with van der Waals surface area (Å²) in [6.45, 7) is 0. The molecule has 0 amide bonds. The summed E-state index contributed by atoms with van der Waals surface area (Å²) < 4.78 is 0. The number of hydrogen-bond donors (Lipinski definition) is 1. The van der Waals surface area contributed by atoms with Crippen LogP contribution in [0.25, 0.3) is 12.2 Å². The molecule has 2 nitrogen and oxygen atoms in total. The fourth-order valence-corrected chi connectivity index (χ4v) is 5.77. The van der Waals surface area contributed by atoms with Crippen molar-refractivity contribution in [2.45, 2.75) is 12.0 Å². The second kappa shape index (κ2) is 5.17. The zero-order valence-corrected chi connectivity index (χ0v) is 14.9. The standard InChI is InChI=1S/C25H20O2/c26-24-22(14-19-17-11-12-18(13-17)23(19)24)25(27)20-7-3-1-5-15(20)9-10-16-6-2-4-8-21(16)25/h1-12,14,17-19,23,27H,13H2/t17-,18+,19+,23-/m0/s1. The van der Waals surface area contributed by atoms with Crippen LogP contribution < -0.4 is 0 Å². The molecule has 2 aromatic carbocycles. The highest BCUT2D eigenvalue weighted by Crippen LogP contribution is 2.56. The molecular weight excluding hydrogens is 332 g/mol. The number of rotatable bonds is 1. The van der Waals surface area contributed by atoms with Gasteiger partial charge in [0.15, 0.2) is 5.78 Å². The van der Waals surface area contributed by atoms with Crippen LogP contribution in [0.15, 0.2) is 72.3 Å². The molecular formula is C25H20O2. The Morgan fingerprint density at radius 3 is 2.07 bits per heavy atom. The predicted octanol–water partition coefficient (Wildman–Crippen LogP) is 4.35. The maximum atomic E-state index is 13.5. The quantitative estimate of drug-likeness (QED) is 0.775. The number of fused-ring (bicyclic) bond motifs is 7. The van der Waals surface area contributed by atoms with Gasteiger partial charge < -0.3 is 5.11 Å². The number of carbonyl (C=O) groups excluding carboxylic acids is 1. The summed E-state index contributed by atoms with van der Waals surface area (Å²) in [4.78, 5) is 13.5. The Kier molecular flexibility index (Phi) is 2.94. The Labute approximate surface area is 158 Å². The summed E-state index contributed by atoms with van der Waals surface area (Å²) in [6, 6.07) is 15.8. The van der Waals surface area contributed by atoms with Gasteiger partial charge in [0.25, 0.3) is 0 Å². The molecule has 2 aromatic rings. The molecule has 27 heavy (non-hydrogen) atoms. The van der Waals surface area contributed by atoms with Gasteiger partial charge in [-0.2, -0.15) is 0 Å². The largest absolute Gasteiger partial charge is 0.376 e. The molecule has 0 aliphatic heterocycles. The molecule has 2 bridgehead atoms. The lowest BCUT2D eigenvalue weighted by molar-refractivity contribution is -0.121. The predicted molar refractivity (Wildman–Crippen MR) is 106 cm³/mol. The van der Waals surface area contributed by atoms with Crippen LogP contribution in [-0.2, 0) is 10.4 Å². The van der Waals surface area contributed by atoms with Gasteiger partial charge in [-0.05, 0) is 46.4 Å². The second-order valence-corrected chi connectivity index (χ2v) is 8.21. The Hall–Kier alpha value is -2.71. The van der Waals surface area contributed by atoms with E-state index in [2.05, 4.69) is 18.2 Å². The van der Waals surface area contributed by atoms with Gasteiger partial charge in [-0.15, -0.1) is 0 Å². The van der Waals surface area contributed by atoms with Crippen LogP contribution in [0.2, 0.25) is 0 Å². The third kappa shape index (κ3) is 1.86. The van der Waals surface area contributed by atoms with Gasteiger partial charge in [-0.25, -0.2) is 0 Å². The third-order valence-corrected chi connectivity index (χ3v) is 6.98. The summed E-state index contributed by atoms with van der Waals surface area (Å²) >= 11 is 0. The first-order valence-corrected chi connectivity index (χ1v) is 9.72. The maximum absolute atomic E-state index is 13.5. The van der Waals surface area contributed by atoms with Crippen LogP contribution in [0.4, 0.5) is 0 Å². The van der Waals surface area contributed by atoms with Crippen LogP contribution in [0.5, 0.6) is 0 Å². The van der Waals surface area contributed by atoms with E-state index in [9.17, 15) is 9.90 Å². The van der Waals surface area contributed by atoms with Crippen molar-refractivity contribution in [3.05, 3.63) is 94.6 Å². The lowest BCUT2D eigenvalue weighted by Gasteiger charge is -2.32. The van der Waals surface area contributed by atoms with Crippen molar-refractivity contribution in [3.8, 4) is 0 Å². The number of hydrogen-bond acceptors (Lipinski definition) is 2. The van der Waals surface area contributed by atoms with E-state index in [-0.39, 0.29) is 17.6 Å². The molecule has 1 saturated carbocycles. The smallest absolute Gasteiger partial charge is 0.166 e. The van der Waals surface area contributed by atoms with Gasteiger partial charge in [0.2, 0.25) is 0 Å². The van der Waals surface area contributed by atoms with Crippen molar-refractivity contribution in [1.82, 2.24) is 0 Å². The zero-order valence-electron chi connectivity index (χ0n) is 14.9. The first-order valence-electron chi connectivity index (χ1n) is 9.72. The lowest BCUT2D eigenvalue weighted by Crippen LogP contribution is -2.35. The third-order valence-electron chi connectivity index (χ3n) is 6.98. The van der Waals surface area contributed by atoms with Crippen LogP contribution in [0.1, 0.15) is 28.7 Å². The van der Waals surface area contributed by atoms with E-state index < -0.39 is 5.60 Å². The van der Waals surface area contributed by atoms with Crippen molar-refractivity contribution in [2.24, 2.45) is 23.7 Å². The lowest BCUT2D eigenvalue weighted by atomic mass is 9.75. The molecule has 0 radical (unpaired) electrons. The highest BCUT2D eigenvalue weighted by atomic mass is 16.3. The van der Waals surface area contributed by atoms with Gasteiger partial charge in [-0.3, -0.25) is 4.79 Å². The number of Topliss-reactive ketones (excluding diaryl/α,β-unsaturated/α-hetero) is 1. The van der Waals surface area contributed by atoms with Crippen molar-refractivity contribution in [1.29, 1.82) is 0 Å². The summed E-state index contributed by atoms with van der Waals surface area (Å²) in [6.07, 6.45) is 11.7. The number of carbonyl (C=O) groups is 1. The Morgan fingerprint density at radius 1 is 0.852 bits per heavy atom. The average molecular weight is 352 g/mol. The molecule has 0 aromatic heterocycles. The molecule has 0 saturated heterocycles. The Morgan fingerprint density at radius 2 is 1.44 bits per heavy atom. The minimum absolute atomic E-state index is 0.00885. The van der Waals surface area contributed by atoms with Crippen LogP contribution >= 0.6 is 0 Å². The zero-order chi connectivity index (χ0) is 18.2. The van der Waals surface area contributed by atoms with Crippen molar-refractivity contribution in [3.63, 3.8) is 0 Å². The summed E-state index contributed by atoms with van der Waals surface area (Å²) in [5, 5.41) is 12.2. The molecule has 6 rings (SSSR count). The highest BCUT2D eigenvalue weighted by Gasteiger charge is 2.56. The molecule has 0 spiro atoms. The van der Waals surface area contributed by atoms with Crippen molar-refractivity contribution >= 4 is 17.9 Å². The van der Waals surface area contributed by atoms with Gasteiger partial charge in [0.1, 0.15) is 5.60 Å². The van der Waals surface area contributed by atoms with E-state index in [1.54, 1.807) is 0 Å². The van der Waals surface area contributed by atoms with Gasteiger partial charge in [0, 0.05) is 11.5 Å². The van der Waals surface area contributed by atoms with E-state index in [4.69, 9.17) is 0 Å². The summed E-state index contributed by atoms with van der Waals surface area (Å²) in [5.74, 6) is 1.15. The number of ketones is 1. The number of allylic oxidation sites excluding steroid dienone is 3. The highest BCUT2D eigenvalue weighted by molar-refractivity contribution is 6.04. The monoisotopic (exact) mass is 352 g/mol. The molecule has 0 heterocycles. The number of benzene rings is 2. The van der Waals surface area contributed by atoms with E-state index in [0.717, 1.165) is 28.7 Å². The molecule has 132 valence electrons. The maximum Gasteiger partial charge on any atom is 0.166 e. The molecule has 2 heteroatoms. The first kappa shape index (κ1) is 15.4. The molecule has 4 atom stereocenters. The topological polar surface area (TPSA) is 37.3 Å². The second-order valence-electron chi connectivity index (χ2n) is 8.21. The minimum atomic E-state index is -1.41. The van der Waals surface area contributed by atoms with Crippen molar-refractivity contribution < 1.29 is 9.90 Å². The first-order chi connectivity index (χ1) is 13.2. The molecule has 4 aliphatic rings. The minimum Gasteiger partial charge on any atom is -0.376 e. The average Bonchev–Trinajstić information content (AvgIpc) is 3.38. The molecule has 1 fully saturated rings. The normalized spacial score (nSPS) is 31.3. The molecule has 0 unspecified atom stereocenters. The summed E-state index contributed by atoms with van der Waals surface area (Å²) in [5.41, 5.74) is 2.68. The molecule has 1 N–H and O–H groups in total. The summed E-state index contributed by atoms with van der Waals surface area (Å²) in [7, 11) is 0. The van der Waals surface area contributed by atoms with Gasteiger partial charge in [-0.1, -0.05) is 78.9 Å². The van der Waals surface area contributed by atoms with Crippen molar-refractivity contribution in [2.75, 3.05) is 0 Å².